The molecule has 0 saturated carbocycles. The molecule has 0 amide bonds. The number of rotatable bonds is 2. The van der Waals surface area contributed by atoms with Crippen LogP contribution < -0.4 is 10.6 Å². The van der Waals surface area contributed by atoms with Gasteiger partial charge in [0.05, 0.1) is 30.2 Å². The van der Waals surface area contributed by atoms with Crippen LogP contribution in [-0.4, -0.2) is 46.6 Å². The Kier molecular flexibility index (Phi) is 3.19. The standard InChI is InChI=1S/C12H15N5O3/c13-2-6-3-15-12-10(6)11(14)16-5-17(12)9-1-7(19)8(4-18)20-9/h3,5,7-9,11,15,18-19H,1,4,14H2/t7-,8+,9+,11?/m0/s1. The number of nitrogens with one attached hydrogen (secondary N) is 1. The molecule has 4 atom stereocenters. The third kappa shape index (κ3) is 1.88. The highest BCUT2D eigenvalue weighted by molar-refractivity contribution is 5.83. The minimum absolute atomic E-state index is 0.247. The Labute approximate surface area is 115 Å². The minimum atomic E-state index is -0.733. The van der Waals surface area contributed by atoms with E-state index in [-0.39, 0.29) is 6.61 Å². The molecule has 2 aliphatic heterocycles. The van der Waals surface area contributed by atoms with Gasteiger partial charge < -0.3 is 25.7 Å². The average molecular weight is 277 g/mol. The molecular formula is C12H15N5O3. The number of nitrogens with two attached hydrogens (primary N) is 1. The number of fused-ring (bicyclic) bond motifs is 1. The van der Waals surface area contributed by atoms with Crippen molar-refractivity contribution in [3.05, 3.63) is 17.3 Å². The summed E-state index contributed by atoms with van der Waals surface area (Å²) in [6.45, 7) is -0.247. The predicted octanol–water partition coefficient (Wildman–Crippen LogP) is -0.840. The summed E-state index contributed by atoms with van der Waals surface area (Å²) < 4.78 is 5.59. The Morgan fingerprint density at radius 3 is 3.10 bits per heavy atom. The summed E-state index contributed by atoms with van der Waals surface area (Å²) in [5.41, 5.74) is 6.93. The number of nitriles is 1. The smallest absolute Gasteiger partial charge is 0.139 e. The second-order valence-electron chi connectivity index (χ2n) is 4.81. The Morgan fingerprint density at radius 2 is 2.45 bits per heavy atom. The summed E-state index contributed by atoms with van der Waals surface area (Å²) >= 11 is 0. The quantitative estimate of drug-likeness (QED) is 0.557. The van der Waals surface area contributed by atoms with Crippen LogP contribution in [0.15, 0.2) is 11.2 Å². The molecule has 0 bridgehead atoms. The summed E-state index contributed by atoms with van der Waals surface area (Å²) in [5.74, 6) is 0.639. The summed E-state index contributed by atoms with van der Waals surface area (Å²) in [5, 5.41) is 28.0. The van der Waals surface area contributed by atoms with E-state index < -0.39 is 24.6 Å². The number of aliphatic imine (C=N–C) groups is 1. The normalized spacial score (nSPS) is 32.2. The van der Waals surface area contributed by atoms with Crippen LogP contribution in [0.2, 0.25) is 0 Å². The van der Waals surface area contributed by atoms with E-state index in [1.807, 2.05) is 0 Å². The fourth-order valence-electron chi connectivity index (χ4n) is 2.57. The molecule has 106 valence electrons. The lowest BCUT2D eigenvalue weighted by Gasteiger charge is -2.30. The van der Waals surface area contributed by atoms with Crippen LogP contribution in [-0.2, 0) is 4.74 Å². The molecule has 1 aromatic rings. The van der Waals surface area contributed by atoms with E-state index in [0.29, 0.717) is 23.4 Å². The molecule has 2 aliphatic rings. The number of nitrogens with zero attached hydrogens (tertiary/aromatic N) is 3. The van der Waals surface area contributed by atoms with E-state index in [1.54, 1.807) is 11.1 Å². The van der Waals surface area contributed by atoms with Crippen molar-refractivity contribution >= 4 is 12.2 Å². The second kappa shape index (κ2) is 4.88. The van der Waals surface area contributed by atoms with Gasteiger partial charge in [0, 0.05) is 12.6 Å². The van der Waals surface area contributed by atoms with Crippen LogP contribution in [0.4, 0.5) is 5.82 Å². The van der Waals surface area contributed by atoms with E-state index in [9.17, 15) is 5.11 Å². The summed E-state index contributed by atoms with van der Waals surface area (Å²) in [4.78, 5) is 8.82. The topological polar surface area (TPSA) is 131 Å². The minimum Gasteiger partial charge on any atom is -0.394 e. The molecular weight excluding hydrogens is 262 g/mol. The maximum atomic E-state index is 9.80. The zero-order valence-corrected chi connectivity index (χ0v) is 10.6. The highest BCUT2D eigenvalue weighted by Gasteiger charge is 2.39. The molecule has 0 aromatic carbocycles. The molecule has 1 fully saturated rings. The predicted molar refractivity (Wildman–Crippen MR) is 69.8 cm³/mol. The molecule has 0 aliphatic carbocycles. The van der Waals surface area contributed by atoms with E-state index in [2.05, 4.69) is 16.0 Å². The first kappa shape index (κ1) is 13.1. The van der Waals surface area contributed by atoms with Gasteiger partial charge in [0.25, 0.3) is 0 Å². The van der Waals surface area contributed by atoms with Crippen LogP contribution in [0, 0.1) is 11.3 Å². The number of hydrogen-bond donors (Lipinski definition) is 4. The van der Waals surface area contributed by atoms with Gasteiger partial charge in [-0.15, -0.1) is 0 Å². The van der Waals surface area contributed by atoms with Gasteiger partial charge >= 0.3 is 0 Å². The number of aromatic nitrogens is 1. The Balaban J connectivity index is 1.92. The zero-order chi connectivity index (χ0) is 14.3. The zero-order valence-electron chi connectivity index (χ0n) is 10.6. The molecule has 0 radical (unpaired) electrons. The molecule has 8 heteroatoms. The summed E-state index contributed by atoms with van der Waals surface area (Å²) in [7, 11) is 0. The molecule has 1 aromatic heterocycles. The van der Waals surface area contributed by atoms with E-state index in [0.717, 1.165) is 0 Å². The molecule has 0 spiro atoms. The number of aromatic amines is 1. The van der Waals surface area contributed by atoms with Crippen LogP contribution in [0.5, 0.6) is 0 Å². The number of hydrogen-bond acceptors (Lipinski definition) is 7. The third-order valence-corrected chi connectivity index (χ3v) is 3.62. The molecule has 1 unspecified atom stereocenters. The largest absolute Gasteiger partial charge is 0.394 e. The molecule has 3 heterocycles. The second-order valence-corrected chi connectivity index (χ2v) is 4.81. The fraction of sp³-hybridized carbons (Fsp3) is 0.500. The van der Waals surface area contributed by atoms with Crippen LogP contribution in [0.25, 0.3) is 0 Å². The van der Waals surface area contributed by atoms with Gasteiger partial charge in [-0.2, -0.15) is 5.26 Å². The van der Waals surface area contributed by atoms with Crippen molar-refractivity contribution in [1.29, 1.82) is 5.26 Å². The first-order chi connectivity index (χ1) is 9.65. The Hall–Kier alpha value is -1.92. The van der Waals surface area contributed by atoms with Gasteiger partial charge in [0.1, 0.15) is 30.4 Å². The van der Waals surface area contributed by atoms with Crippen molar-refractivity contribution in [3.63, 3.8) is 0 Å². The van der Waals surface area contributed by atoms with Crippen LogP contribution >= 0.6 is 0 Å². The van der Waals surface area contributed by atoms with Gasteiger partial charge in [-0.1, -0.05) is 0 Å². The molecule has 8 nitrogen and oxygen atoms in total. The van der Waals surface area contributed by atoms with Gasteiger partial charge in [-0.3, -0.25) is 9.89 Å². The van der Waals surface area contributed by atoms with Crippen molar-refractivity contribution in [2.24, 2.45) is 10.7 Å². The lowest BCUT2D eigenvalue weighted by molar-refractivity contribution is -0.0192. The first-order valence-corrected chi connectivity index (χ1v) is 6.28. The number of aliphatic hydroxyl groups excluding tert-OH is 2. The lowest BCUT2D eigenvalue weighted by atomic mass is 10.1. The van der Waals surface area contributed by atoms with Gasteiger partial charge in [-0.05, 0) is 0 Å². The number of H-pyrrole nitrogens is 1. The van der Waals surface area contributed by atoms with E-state index in [4.69, 9.17) is 20.8 Å². The van der Waals surface area contributed by atoms with Crippen LogP contribution in [0.3, 0.4) is 0 Å². The monoisotopic (exact) mass is 277 g/mol. The van der Waals surface area contributed by atoms with Crippen molar-refractivity contribution in [1.82, 2.24) is 4.98 Å². The molecule has 5 N–H and O–H groups in total. The third-order valence-electron chi connectivity index (χ3n) is 3.62. The van der Waals surface area contributed by atoms with Crippen LogP contribution in [0.1, 0.15) is 23.7 Å². The fourth-order valence-corrected chi connectivity index (χ4v) is 2.57. The SMILES string of the molecule is N#Cc1c[nH]c2c1C(N)N=CN2[C@H]1C[C@H](O)[C@@H](CO)O1. The average Bonchev–Trinajstić information content (AvgIpc) is 3.03. The summed E-state index contributed by atoms with van der Waals surface area (Å²) in [6, 6.07) is 2.06. The Bertz CT molecular complexity index is 578. The van der Waals surface area contributed by atoms with Crippen molar-refractivity contribution in [3.8, 4) is 6.07 Å². The summed E-state index contributed by atoms with van der Waals surface area (Å²) in [6.07, 6.45) is 1.04. The maximum absolute atomic E-state index is 9.80. The van der Waals surface area contributed by atoms with Crippen molar-refractivity contribution < 1.29 is 14.9 Å². The first-order valence-electron chi connectivity index (χ1n) is 6.28. The van der Waals surface area contributed by atoms with Gasteiger partial charge in [0.2, 0.25) is 0 Å². The van der Waals surface area contributed by atoms with Crippen molar-refractivity contribution in [2.75, 3.05) is 11.5 Å². The van der Waals surface area contributed by atoms with E-state index in [1.165, 1.54) is 6.34 Å². The molecule has 1 saturated heterocycles. The number of anilines is 1. The van der Waals surface area contributed by atoms with Crippen molar-refractivity contribution in [2.45, 2.75) is 31.0 Å². The Morgan fingerprint density at radius 1 is 1.65 bits per heavy atom. The molecule has 3 rings (SSSR count). The number of aliphatic hydroxyl groups is 2. The highest BCUT2D eigenvalue weighted by atomic mass is 16.5. The van der Waals surface area contributed by atoms with Gasteiger partial charge in [0.15, 0.2) is 0 Å². The number of ether oxygens (including phenoxy) is 1. The lowest BCUT2D eigenvalue weighted by Crippen LogP contribution is -2.38. The van der Waals surface area contributed by atoms with E-state index >= 15 is 0 Å². The highest BCUT2D eigenvalue weighted by Crippen LogP contribution is 2.35. The maximum Gasteiger partial charge on any atom is 0.139 e. The molecule has 20 heavy (non-hydrogen) atoms. The van der Waals surface area contributed by atoms with Gasteiger partial charge in [-0.25, -0.2) is 0 Å².